The highest BCUT2D eigenvalue weighted by Crippen LogP contribution is 2.20. The molecule has 0 aliphatic carbocycles. The van der Waals surface area contributed by atoms with Gasteiger partial charge in [0.05, 0.1) is 28.5 Å². The summed E-state index contributed by atoms with van der Waals surface area (Å²) < 4.78 is 6.42. The van der Waals surface area contributed by atoms with Crippen molar-refractivity contribution in [2.45, 2.75) is 20.3 Å². The van der Waals surface area contributed by atoms with Gasteiger partial charge < -0.3 is 14.5 Å². The summed E-state index contributed by atoms with van der Waals surface area (Å²) in [4.78, 5) is 43.9. The number of amides is 1. The van der Waals surface area contributed by atoms with E-state index in [-0.39, 0.29) is 17.3 Å². The monoisotopic (exact) mass is 479 g/mol. The van der Waals surface area contributed by atoms with Crippen LogP contribution in [0.15, 0.2) is 42.6 Å². The quantitative estimate of drug-likeness (QED) is 0.296. The minimum atomic E-state index is -0.482. The van der Waals surface area contributed by atoms with Crippen LogP contribution < -0.4 is 4.90 Å². The number of anilines is 1. The van der Waals surface area contributed by atoms with Gasteiger partial charge in [0, 0.05) is 44.5 Å². The van der Waals surface area contributed by atoms with E-state index in [2.05, 4.69) is 20.2 Å². The number of nitro groups is 1. The maximum atomic E-state index is 13.2. The molecular weight excluding hydrogens is 454 g/mol. The lowest BCUT2D eigenvalue weighted by Crippen LogP contribution is -2.36. The molecule has 0 unspecified atom stereocenters. The van der Waals surface area contributed by atoms with Crippen LogP contribution in [0.3, 0.4) is 0 Å². The number of pyridine rings is 1. The third-order valence-electron chi connectivity index (χ3n) is 5.75. The fourth-order valence-electron chi connectivity index (χ4n) is 3.92. The lowest BCUT2D eigenvalue weighted by atomic mass is 10.2. The number of carbonyl (C=O) groups is 2. The number of nitrogens with zero attached hydrogens (tertiary/aromatic N) is 7. The van der Waals surface area contributed by atoms with Crippen LogP contribution >= 0.6 is 0 Å². The van der Waals surface area contributed by atoms with Gasteiger partial charge in [0.15, 0.2) is 5.69 Å². The number of esters is 1. The van der Waals surface area contributed by atoms with Gasteiger partial charge in [0.25, 0.3) is 11.6 Å². The molecule has 0 radical (unpaired) electrons. The summed E-state index contributed by atoms with van der Waals surface area (Å²) in [6, 6.07) is 9.48. The molecular formula is C23H25N7O5. The Bertz CT molecular complexity index is 1240. The van der Waals surface area contributed by atoms with Gasteiger partial charge in [-0.15, -0.1) is 5.10 Å². The molecule has 0 N–H and O–H groups in total. The van der Waals surface area contributed by atoms with Crippen LogP contribution in [0, 0.1) is 17.0 Å². The van der Waals surface area contributed by atoms with Gasteiger partial charge in [0.1, 0.15) is 5.82 Å². The second-order valence-corrected chi connectivity index (χ2v) is 7.97. The number of non-ortho nitro benzene ring substituents is 1. The Hall–Kier alpha value is -4.35. The Labute approximate surface area is 201 Å². The average Bonchev–Trinajstić information content (AvgIpc) is 3.08. The van der Waals surface area contributed by atoms with Crippen molar-refractivity contribution in [3.8, 4) is 5.69 Å². The van der Waals surface area contributed by atoms with E-state index in [1.807, 2.05) is 0 Å². The van der Waals surface area contributed by atoms with Crippen LogP contribution in [-0.4, -0.2) is 74.5 Å². The molecule has 35 heavy (non-hydrogen) atoms. The van der Waals surface area contributed by atoms with Crippen LogP contribution in [0.1, 0.15) is 39.9 Å². The molecule has 1 aromatic carbocycles. The van der Waals surface area contributed by atoms with Crippen molar-refractivity contribution in [1.29, 1.82) is 0 Å². The summed E-state index contributed by atoms with van der Waals surface area (Å²) in [5, 5.41) is 19.2. The predicted molar refractivity (Wildman–Crippen MR) is 126 cm³/mol. The van der Waals surface area contributed by atoms with Crippen molar-refractivity contribution in [1.82, 2.24) is 24.9 Å². The molecule has 3 heterocycles. The molecule has 4 rings (SSSR count). The molecule has 1 aliphatic rings. The summed E-state index contributed by atoms with van der Waals surface area (Å²) >= 11 is 0. The number of hydrogen-bond donors (Lipinski definition) is 0. The first-order valence-electron chi connectivity index (χ1n) is 11.2. The van der Waals surface area contributed by atoms with Gasteiger partial charge in [-0.05, 0) is 38.5 Å². The highest BCUT2D eigenvalue weighted by atomic mass is 16.6. The number of benzene rings is 1. The van der Waals surface area contributed by atoms with Gasteiger partial charge in [0.2, 0.25) is 0 Å². The van der Waals surface area contributed by atoms with E-state index >= 15 is 0 Å². The van der Waals surface area contributed by atoms with Crippen LogP contribution in [0.5, 0.6) is 0 Å². The Kier molecular flexibility index (Phi) is 6.99. The van der Waals surface area contributed by atoms with Crippen molar-refractivity contribution in [2.24, 2.45) is 0 Å². The van der Waals surface area contributed by atoms with Crippen LogP contribution in [0.25, 0.3) is 5.69 Å². The van der Waals surface area contributed by atoms with Gasteiger partial charge in [-0.1, -0.05) is 11.3 Å². The number of carbonyl (C=O) groups excluding carboxylic acids is 2. The summed E-state index contributed by atoms with van der Waals surface area (Å²) in [6.07, 6.45) is 2.22. The van der Waals surface area contributed by atoms with Crippen molar-refractivity contribution in [3.05, 3.63) is 69.7 Å². The topological polar surface area (TPSA) is 137 Å². The minimum absolute atomic E-state index is 0.0678. The Morgan fingerprint density at radius 1 is 1.14 bits per heavy atom. The highest BCUT2D eigenvalue weighted by molar-refractivity contribution is 5.93. The molecule has 0 bridgehead atoms. The summed E-state index contributed by atoms with van der Waals surface area (Å²) in [7, 11) is 0. The average molecular weight is 479 g/mol. The molecule has 1 amide bonds. The van der Waals surface area contributed by atoms with Crippen molar-refractivity contribution in [2.75, 3.05) is 37.7 Å². The molecule has 1 aliphatic heterocycles. The third kappa shape index (κ3) is 5.10. The molecule has 12 heteroatoms. The molecule has 1 saturated heterocycles. The molecule has 0 atom stereocenters. The normalized spacial score (nSPS) is 13.9. The van der Waals surface area contributed by atoms with E-state index in [1.165, 1.54) is 23.0 Å². The van der Waals surface area contributed by atoms with E-state index in [9.17, 15) is 19.7 Å². The first-order chi connectivity index (χ1) is 16.9. The molecule has 3 aromatic rings. The second-order valence-electron chi connectivity index (χ2n) is 7.97. The summed E-state index contributed by atoms with van der Waals surface area (Å²) in [5.41, 5.74) is 1.50. The van der Waals surface area contributed by atoms with Crippen LogP contribution in [0.2, 0.25) is 0 Å². The van der Waals surface area contributed by atoms with Gasteiger partial charge in [-0.25, -0.2) is 14.5 Å². The highest BCUT2D eigenvalue weighted by Gasteiger charge is 2.26. The smallest absolute Gasteiger partial charge is 0.339 e. The Morgan fingerprint density at radius 3 is 2.69 bits per heavy atom. The largest absolute Gasteiger partial charge is 0.462 e. The lowest BCUT2D eigenvalue weighted by molar-refractivity contribution is -0.384. The second kappa shape index (κ2) is 10.3. The third-order valence-corrected chi connectivity index (χ3v) is 5.75. The van der Waals surface area contributed by atoms with E-state index in [0.717, 1.165) is 12.2 Å². The maximum absolute atomic E-state index is 13.2. The lowest BCUT2D eigenvalue weighted by Gasteiger charge is -2.22. The first kappa shape index (κ1) is 23.8. The zero-order valence-electron chi connectivity index (χ0n) is 19.5. The first-order valence-corrected chi connectivity index (χ1v) is 11.2. The van der Waals surface area contributed by atoms with Gasteiger partial charge in [-0.3, -0.25) is 14.9 Å². The number of aromatic nitrogens is 4. The van der Waals surface area contributed by atoms with Gasteiger partial charge >= 0.3 is 5.97 Å². The minimum Gasteiger partial charge on any atom is -0.462 e. The van der Waals surface area contributed by atoms with E-state index < -0.39 is 10.9 Å². The Morgan fingerprint density at radius 2 is 1.97 bits per heavy atom. The Balaban J connectivity index is 1.45. The van der Waals surface area contributed by atoms with Crippen molar-refractivity contribution < 1.29 is 19.2 Å². The molecule has 182 valence electrons. The summed E-state index contributed by atoms with van der Waals surface area (Å²) in [5.74, 6) is 0.0690. The van der Waals surface area contributed by atoms with E-state index in [0.29, 0.717) is 49.7 Å². The number of ether oxygens (including phenoxy) is 1. The fourth-order valence-corrected chi connectivity index (χ4v) is 3.92. The molecule has 2 aromatic heterocycles. The summed E-state index contributed by atoms with van der Waals surface area (Å²) in [6.45, 7) is 6.03. The van der Waals surface area contributed by atoms with E-state index in [1.54, 1.807) is 43.0 Å². The molecule has 0 spiro atoms. The number of nitro benzene ring substituents is 1. The van der Waals surface area contributed by atoms with Crippen LogP contribution in [0.4, 0.5) is 11.5 Å². The zero-order valence-corrected chi connectivity index (χ0v) is 19.5. The van der Waals surface area contributed by atoms with Crippen molar-refractivity contribution >= 4 is 23.4 Å². The van der Waals surface area contributed by atoms with Crippen molar-refractivity contribution in [3.63, 3.8) is 0 Å². The fraction of sp³-hybridized carbons (Fsp3) is 0.348. The standard InChI is InChI=1S/C23H25N7O5/c1-3-35-23(32)17-8-9-20(24-15-17)27-10-5-11-28(13-12-27)22(31)21-16(2)29(26-25-21)18-6-4-7-19(14-18)30(33)34/h4,6-9,14-15H,3,5,10-13H2,1-2H3. The molecule has 12 nitrogen and oxygen atoms in total. The van der Waals surface area contributed by atoms with E-state index in [4.69, 9.17) is 4.74 Å². The zero-order chi connectivity index (χ0) is 24.9. The van der Waals surface area contributed by atoms with Gasteiger partial charge in [-0.2, -0.15) is 0 Å². The van der Waals surface area contributed by atoms with Crippen LogP contribution in [-0.2, 0) is 4.74 Å². The number of rotatable bonds is 6. The molecule has 1 fully saturated rings. The molecule has 0 saturated carbocycles. The maximum Gasteiger partial charge on any atom is 0.339 e. The SMILES string of the molecule is CCOC(=O)c1ccc(N2CCCN(C(=O)c3nnn(-c4cccc([N+](=O)[O-])c4)c3C)CC2)nc1. The number of hydrogen-bond acceptors (Lipinski definition) is 9. The predicted octanol–water partition coefficient (Wildman–Crippen LogP) is 2.41.